The first kappa shape index (κ1) is 23.9. The molecule has 0 aliphatic rings. The molecule has 2 aromatic carbocycles. The molecule has 0 saturated carbocycles. The molecule has 1 N–H and O–H groups in total. The van der Waals surface area contributed by atoms with Gasteiger partial charge in [0, 0.05) is 29.2 Å². The van der Waals surface area contributed by atoms with E-state index in [0.717, 1.165) is 10.9 Å². The molecule has 10 heteroatoms. The highest BCUT2D eigenvalue weighted by Crippen LogP contribution is 2.38. The van der Waals surface area contributed by atoms with Gasteiger partial charge in [0.25, 0.3) is 0 Å². The Balaban J connectivity index is 1.47. The zero-order chi connectivity index (χ0) is 24.5. The summed E-state index contributed by atoms with van der Waals surface area (Å²) in [6, 6.07) is 8.24. The average Bonchev–Trinajstić information content (AvgIpc) is 3.34. The van der Waals surface area contributed by atoms with Crippen molar-refractivity contribution in [2.24, 2.45) is 0 Å². The summed E-state index contributed by atoms with van der Waals surface area (Å²) in [5, 5.41) is 13.5. The summed E-state index contributed by atoms with van der Waals surface area (Å²) >= 11 is 6.34. The van der Waals surface area contributed by atoms with Gasteiger partial charge < -0.3 is 18.9 Å². The van der Waals surface area contributed by atoms with Crippen LogP contribution < -0.4 is 4.74 Å². The Bertz CT molecular complexity index is 1340. The standard InChI is InChI=1S/C24H22ClF3N2O4/c1-2-4-15-20(8-6-16-22(15)34-29-23(16)24(26,27)28)33-10-3-9-30-13-18(25)17-11-14(12-21(31)32)5-7-19(17)30/h5-8,11,13H,2-4,9-10,12H2,1H3,(H,31,32). The third-order valence-corrected chi connectivity index (χ3v) is 5.82. The molecule has 2 aromatic heterocycles. The molecular weight excluding hydrogens is 473 g/mol. The van der Waals surface area contributed by atoms with Crippen molar-refractivity contribution < 1.29 is 32.3 Å². The smallest absolute Gasteiger partial charge is 0.437 e. The number of nitrogens with zero attached hydrogens (tertiary/aromatic N) is 2. The van der Waals surface area contributed by atoms with Gasteiger partial charge in [0.2, 0.25) is 0 Å². The highest BCUT2D eigenvalue weighted by atomic mass is 35.5. The number of aryl methyl sites for hydroxylation is 2. The lowest BCUT2D eigenvalue weighted by molar-refractivity contribution is -0.141. The third-order valence-electron chi connectivity index (χ3n) is 5.52. The number of aliphatic carboxylic acids is 1. The van der Waals surface area contributed by atoms with Crippen molar-refractivity contribution in [1.82, 2.24) is 9.72 Å². The van der Waals surface area contributed by atoms with Gasteiger partial charge in [-0.15, -0.1) is 0 Å². The normalized spacial score (nSPS) is 12.0. The molecule has 0 radical (unpaired) electrons. The van der Waals surface area contributed by atoms with E-state index in [1.807, 2.05) is 17.6 Å². The summed E-state index contributed by atoms with van der Waals surface area (Å²) in [6.07, 6.45) is -1.06. The number of rotatable bonds is 9. The molecule has 0 saturated heterocycles. The summed E-state index contributed by atoms with van der Waals surface area (Å²) in [6.45, 7) is 2.84. The number of alkyl halides is 3. The molecule has 6 nitrogen and oxygen atoms in total. The van der Waals surface area contributed by atoms with Crippen molar-refractivity contribution in [3.05, 3.63) is 58.4 Å². The Hall–Kier alpha value is -3.20. The number of benzene rings is 2. The molecule has 4 aromatic rings. The molecule has 0 bridgehead atoms. The number of carboxylic acid groups (broad SMARTS) is 1. The van der Waals surface area contributed by atoms with E-state index in [1.165, 1.54) is 12.1 Å². The minimum atomic E-state index is -4.59. The number of halogens is 4. The maximum Gasteiger partial charge on any atom is 0.437 e. The Kier molecular flexibility index (Phi) is 6.74. The largest absolute Gasteiger partial charge is 0.493 e. The van der Waals surface area contributed by atoms with E-state index >= 15 is 0 Å². The SMILES string of the molecule is CCCc1c(OCCCn2cc(Cl)c3cc(CC(=O)O)ccc32)ccc2c(C(F)(F)F)noc12. The van der Waals surface area contributed by atoms with Crippen molar-refractivity contribution in [3.63, 3.8) is 0 Å². The summed E-state index contributed by atoms with van der Waals surface area (Å²) in [7, 11) is 0. The molecule has 34 heavy (non-hydrogen) atoms. The van der Waals surface area contributed by atoms with E-state index in [1.54, 1.807) is 18.3 Å². The topological polar surface area (TPSA) is 77.5 Å². The summed E-state index contributed by atoms with van der Waals surface area (Å²) < 4.78 is 52.5. The van der Waals surface area contributed by atoms with Crippen LogP contribution in [0.5, 0.6) is 5.75 Å². The van der Waals surface area contributed by atoms with Crippen LogP contribution >= 0.6 is 11.6 Å². The second-order valence-corrected chi connectivity index (χ2v) is 8.40. The number of carbonyl (C=O) groups is 1. The lowest BCUT2D eigenvalue weighted by atomic mass is 10.0. The van der Waals surface area contributed by atoms with Crippen LogP contribution in [0.15, 0.2) is 41.1 Å². The molecule has 0 aliphatic carbocycles. The maximum atomic E-state index is 13.2. The fraction of sp³-hybridized carbons (Fsp3) is 0.333. The predicted molar refractivity (Wildman–Crippen MR) is 121 cm³/mol. The van der Waals surface area contributed by atoms with Crippen molar-refractivity contribution >= 4 is 39.4 Å². The first-order valence-electron chi connectivity index (χ1n) is 10.8. The highest BCUT2D eigenvalue weighted by Gasteiger charge is 2.37. The van der Waals surface area contributed by atoms with Gasteiger partial charge in [0.05, 0.1) is 23.4 Å². The Labute approximate surface area is 197 Å². The number of fused-ring (bicyclic) bond motifs is 2. The second kappa shape index (κ2) is 9.58. The van der Waals surface area contributed by atoms with Gasteiger partial charge in [-0.2, -0.15) is 13.2 Å². The van der Waals surface area contributed by atoms with Gasteiger partial charge in [0.15, 0.2) is 11.3 Å². The molecule has 180 valence electrons. The zero-order valence-corrected chi connectivity index (χ0v) is 19.0. The van der Waals surface area contributed by atoms with Crippen LogP contribution in [0.3, 0.4) is 0 Å². The monoisotopic (exact) mass is 494 g/mol. The van der Waals surface area contributed by atoms with Crippen LogP contribution in [0.4, 0.5) is 13.2 Å². The van der Waals surface area contributed by atoms with Gasteiger partial charge in [-0.25, -0.2) is 0 Å². The third kappa shape index (κ3) is 4.84. The fourth-order valence-electron chi connectivity index (χ4n) is 4.05. The molecule has 0 spiro atoms. The second-order valence-electron chi connectivity index (χ2n) is 7.99. The average molecular weight is 495 g/mol. The molecular formula is C24H22ClF3N2O4. The minimum absolute atomic E-state index is 0.0704. The lowest BCUT2D eigenvalue weighted by Gasteiger charge is -2.12. The summed E-state index contributed by atoms with van der Waals surface area (Å²) in [5.74, 6) is -0.430. The van der Waals surface area contributed by atoms with Crippen LogP contribution in [0, 0.1) is 0 Å². The van der Waals surface area contributed by atoms with Gasteiger partial charge in [0.1, 0.15) is 5.75 Å². The molecule has 0 unspecified atom stereocenters. The van der Waals surface area contributed by atoms with Crippen molar-refractivity contribution in [2.75, 3.05) is 6.61 Å². The van der Waals surface area contributed by atoms with Crippen molar-refractivity contribution in [3.8, 4) is 5.75 Å². The highest BCUT2D eigenvalue weighted by molar-refractivity contribution is 6.35. The van der Waals surface area contributed by atoms with E-state index in [4.69, 9.17) is 26.0 Å². The van der Waals surface area contributed by atoms with E-state index in [2.05, 4.69) is 5.16 Å². The van der Waals surface area contributed by atoms with Crippen LogP contribution in [0.1, 0.15) is 36.6 Å². The van der Waals surface area contributed by atoms with Crippen LogP contribution in [0.2, 0.25) is 5.02 Å². The van der Waals surface area contributed by atoms with Gasteiger partial charge in [-0.1, -0.05) is 36.2 Å². The Morgan fingerprint density at radius 2 is 2.03 bits per heavy atom. The molecule has 0 amide bonds. The van der Waals surface area contributed by atoms with Crippen molar-refractivity contribution in [2.45, 2.75) is 45.3 Å². The van der Waals surface area contributed by atoms with Gasteiger partial charge in [-0.3, -0.25) is 4.79 Å². The number of hydrogen-bond acceptors (Lipinski definition) is 4. The fourth-order valence-corrected chi connectivity index (χ4v) is 4.32. The summed E-state index contributed by atoms with van der Waals surface area (Å²) in [5.41, 5.74) is 1.20. The van der Waals surface area contributed by atoms with Crippen LogP contribution in [-0.4, -0.2) is 27.4 Å². The van der Waals surface area contributed by atoms with E-state index in [-0.39, 0.29) is 17.4 Å². The van der Waals surface area contributed by atoms with E-state index < -0.39 is 17.8 Å². The molecule has 0 atom stereocenters. The molecule has 0 aliphatic heterocycles. The van der Waals surface area contributed by atoms with E-state index in [9.17, 15) is 18.0 Å². The Morgan fingerprint density at radius 1 is 1.24 bits per heavy atom. The molecule has 0 fully saturated rings. The lowest BCUT2D eigenvalue weighted by Crippen LogP contribution is -2.06. The van der Waals surface area contributed by atoms with Crippen LogP contribution in [-0.2, 0) is 30.4 Å². The van der Waals surface area contributed by atoms with E-state index in [0.29, 0.717) is 54.3 Å². The zero-order valence-electron chi connectivity index (χ0n) is 18.3. The van der Waals surface area contributed by atoms with Crippen molar-refractivity contribution in [1.29, 1.82) is 0 Å². The number of carboxylic acids is 1. The van der Waals surface area contributed by atoms with Gasteiger partial charge >= 0.3 is 12.1 Å². The number of ether oxygens (including phenoxy) is 1. The minimum Gasteiger partial charge on any atom is -0.493 e. The van der Waals surface area contributed by atoms with Gasteiger partial charge in [-0.05, 0) is 42.7 Å². The summed E-state index contributed by atoms with van der Waals surface area (Å²) in [4.78, 5) is 11.0. The molecule has 4 rings (SSSR count). The number of aromatic nitrogens is 2. The maximum absolute atomic E-state index is 13.2. The molecule has 2 heterocycles. The number of hydrogen-bond donors (Lipinski definition) is 1. The first-order valence-corrected chi connectivity index (χ1v) is 11.2. The first-order chi connectivity index (χ1) is 16.2. The predicted octanol–water partition coefficient (Wildman–Crippen LogP) is 6.50. The van der Waals surface area contributed by atoms with Crippen LogP contribution in [0.25, 0.3) is 21.9 Å². The quantitative estimate of drug-likeness (QED) is 0.269. The Morgan fingerprint density at radius 3 is 2.74 bits per heavy atom.